The smallest absolute Gasteiger partial charge is 0.243 e. The van der Waals surface area contributed by atoms with E-state index in [1.54, 1.807) is 13.0 Å². The van der Waals surface area contributed by atoms with Crippen LogP contribution in [-0.4, -0.2) is 52.2 Å². The lowest BCUT2D eigenvalue weighted by Crippen LogP contribution is -2.36. The van der Waals surface area contributed by atoms with Crippen molar-refractivity contribution in [2.24, 2.45) is 0 Å². The van der Waals surface area contributed by atoms with Crippen molar-refractivity contribution in [3.05, 3.63) is 77.8 Å². The summed E-state index contributed by atoms with van der Waals surface area (Å²) < 4.78 is 10.6. The van der Waals surface area contributed by atoms with Crippen molar-refractivity contribution in [3.63, 3.8) is 0 Å². The van der Waals surface area contributed by atoms with Crippen LogP contribution < -0.4 is 5.32 Å². The summed E-state index contributed by atoms with van der Waals surface area (Å²) in [6.07, 6.45) is 0. The van der Waals surface area contributed by atoms with Gasteiger partial charge in [-0.2, -0.15) is 0 Å². The van der Waals surface area contributed by atoms with Crippen LogP contribution in [0.3, 0.4) is 0 Å². The van der Waals surface area contributed by atoms with Crippen LogP contribution in [0.15, 0.2) is 70.2 Å². The number of nitrogens with one attached hydrogen (secondary N) is 1. The maximum absolute atomic E-state index is 13.4. The van der Waals surface area contributed by atoms with Gasteiger partial charge in [0.1, 0.15) is 21.9 Å². The Labute approximate surface area is 201 Å². The normalized spacial score (nSPS) is 15.3. The highest BCUT2D eigenvalue weighted by atomic mass is 32.2. The molecule has 3 heterocycles. The number of hydrogen-bond acceptors (Lipinski definition) is 8. The maximum atomic E-state index is 13.4. The Morgan fingerprint density at radius 1 is 1.09 bits per heavy atom. The number of para-hydroxylation sites is 1. The van der Waals surface area contributed by atoms with E-state index >= 15 is 0 Å². The molecule has 1 fully saturated rings. The number of aromatic nitrogens is 3. The molecule has 0 spiro atoms. The first-order valence-corrected chi connectivity index (χ1v) is 12.1. The molecule has 4 aromatic rings. The summed E-state index contributed by atoms with van der Waals surface area (Å²) >= 11 is 1.42. The van der Waals surface area contributed by atoms with Gasteiger partial charge in [-0.15, -0.1) is 0 Å². The van der Waals surface area contributed by atoms with Gasteiger partial charge < -0.3 is 14.6 Å². The molecule has 0 radical (unpaired) electrons. The van der Waals surface area contributed by atoms with E-state index in [1.165, 1.54) is 11.8 Å². The van der Waals surface area contributed by atoms with E-state index in [-0.39, 0.29) is 5.91 Å². The van der Waals surface area contributed by atoms with Gasteiger partial charge >= 0.3 is 0 Å². The van der Waals surface area contributed by atoms with Crippen molar-refractivity contribution >= 4 is 34.4 Å². The molecule has 8 nitrogen and oxygen atoms in total. The number of thioether (sulfide) groups is 1. The number of nitrogens with zero attached hydrogens (tertiary/aromatic N) is 4. The number of morpholine rings is 1. The third kappa shape index (κ3) is 5.27. The highest BCUT2D eigenvalue weighted by Crippen LogP contribution is 2.38. The molecule has 5 rings (SSSR count). The second kappa shape index (κ2) is 10.3. The minimum atomic E-state index is -0.534. The molecule has 0 aliphatic carbocycles. The van der Waals surface area contributed by atoms with E-state index < -0.39 is 5.25 Å². The molecule has 1 N–H and O–H groups in total. The molecule has 1 saturated heterocycles. The molecule has 1 atom stereocenters. The first-order valence-electron chi connectivity index (χ1n) is 11.2. The monoisotopic (exact) mass is 475 g/mol. The van der Waals surface area contributed by atoms with E-state index in [0.717, 1.165) is 40.4 Å². The van der Waals surface area contributed by atoms with Gasteiger partial charge in [0.15, 0.2) is 5.82 Å². The SMILES string of the molecule is Cc1cc(NC(=O)C(Sc2nc(CN3CCOCC3)nc3ccccc23)c2ccccc2)no1. The van der Waals surface area contributed by atoms with Crippen LogP contribution in [0.5, 0.6) is 0 Å². The number of ether oxygens (including phenoxy) is 1. The first-order chi connectivity index (χ1) is 16.7. The molecule has 34 heavy (non-hydrogen) atoms. The van der Waals surface area contributed by atoms with Crippen molar-refractivity contribution in [1.82, 2.24) is 20.0 Å². The van der Waals surface area contributed by atoms with Gasteiger partial charge in [-0.3, -0.25) is 9.69 Å². The minimum absolute atomic E-state index is 0.193. The summed E-state index contributed by atoms with van der Waals surface area (Å²) in [6, 6.07) is 19.3. The van der Waals surface area contributed by atoms with Crippen LogP contribution in [0.4, 0.5) is 5.82 Å². The second-order valence-corrected chi connectivity index (χ2v) is 9.17. The zero-order valence-electron chi connectivity index (χ0n) is 18.8. The lowest BCUT2D eigenvalue weighted by atomic mass is 10.1. The Morgan fingerprint density at radius 2 is 1.85 bits per heavy atom. The number of benzene rings is 2. The Bertz CT molecular complexity index is 1270. The first kappa shape index (κ1) is 22.5. The molecule has 174 valence electrons. The molecule has 2 aromatic heterocycles. The molecule has 1 aliphatic rings. The van der Waals surface area contributed by atoms with Gasteiger partial charge in [-0.05, 0) is 18.6 Å². The molecule has 2 aromatic carbocycles. The van der Waals surface area contributed by atoms with Gasteiger partial charge in [0, 0.05) is 24.5 Å². The summed E-state index contributed by atoms with van der Waals surface area (Å²) in [7, 11) is 0. The maximum Gasteiger partial charge on any atom is 0.243 e. The van der Waals surface area contributed by atoms with Gasteiger partial charge in [-0.25, -0.2) is 9.97 Å². The van der Waals surface area contributed by atoms with Gasteiger partial charge in [0.2, 0.25) is 5.91 Å². The van der Waals surface area contributed by atoms with Crippen LogP contribution in [0.1, 0.15) is 22.4 Å². The van der Waals surface area contributed by atoms with Crippen molar-refractivity contribution in [1.29, 1.82) is 0 Å². The predicted molar refractivity (Wildman–Crippen MR) is 131 cm³/mol. The van der Waals surface area contributed by atoms with Gasteiger partial charge in [0.05, 0.1) is 25.3 Å². The fraction of sp³-hybridized carbons (Fsp3) is 0.280. The van der Waals surface area contributed by atoms with Crippen LogP contribution in [0.25, 0.3) is 10.9 Å². The van der Waals surface area contributed by atoms with Crippen LogP contribution in [0.2, 0.25) is 0 Å². The van der Waals surface area contributed by atoms with Crippen molar-refractivity contribution in [2.75, 3.05) is 31.6 Å². The van der Waals surface area contributed by atoms with Crippen LogP contribution >= 0.6 is 11.8 Å². The lowest BCUT2D eigenvalue weighted by Gasteiger charge is -2.26. The molecule has 9 heteroatoms. The highest BCUT2D eigenvalue weighted by Gasteiger charge is 2.25. The van der Waals surface area contributed by atoms with Gasteiger partial charge in [0.25, 0.3) is 0 Å². The summed E-state index contributed by atoms with van der Waals surface area (Å²) in [4.78, 5) is 25.4. The Hall–Kier alpha value is -3.27. The fourth-order valence-corrected chi connectivity index (χ4v) is 4.98. The summed E-state index contributed by atoms with van der Waals surface area (Å²) in [5, 5.41) is 7.95. The van der Waals surface area contributed by atoms with Crippen molar-refractivity contribution < 1.29 is 14.1 Å². The van der Waals surface area contributed by atoms with Crippen molar-refractivity contribution in [2.45, 2.75) is 23.7 Å². The standard InChI is InChI=1S/C25H25N5O3S/c1-17-15-21(29-33-17)27-24(31)23(18-7-3-2-4-8-18)34-25-19-9-5-6-10-20(19)26-22(28-25)16-30-11-13-32-14-12-30/h2-10,15,23H,11-14,16H2,1H3,(H,27,29,31). The number of hydrogen-bond donors (Lipinski definition) is 1. The number of carbonyl (C=O) groups excluding carboxylic acids is 1. The fourth-order valence-electron chi connectivity index (χ4n) is 3.84. The van der Waals surface area contributed by atoms with Gasteiger partial charge in [-0.1, -0.05) is 65.4 Å². The average Bonchev–Trinajstić information content (AvgIpc) is 3.27. The van der Waals surface area contributed by atoms with E-state index in [9.17, 15) is 4.79 Å². The molecule has 0 bridgehead atoms. The van der Waals surface area contributed by atoms with E-state index in [4.69, 9.17) is 19.2 Å². The van der Waals surface area contributed by atoms with Crippen LogP contribution in [-0.2, 0) is 16.1 Å². The largest absolute Gasteiger partial charge is 0.379 e. The highest BCUT2D eigenvalue weighted by molar-refractivity contribution is 8.00. The molecular formula is C25H25N5O3S. The second-order valence-electron chi connectivity index (χ2n) is 8.07. The number of carbonyl (C=O) groups is 1. The van der Waals surface area contributed by atoms with Crippen LogP contribution in [0, 0.1) is 6.92 Å². The number of anilines is 1. The number of fused-ring (bicyclic) bond motifs is 1. The topological polar surface area (TPSA) is 93.4 Å². The Kier molecular flexibility index (Phi) is 6.84. The zero-order chi connectivity index (χ0) is 23.3. The average molecular weight is 476 g/mol. The summed E-state index contributed by atoms with van der Waals surface area (Å²) in [6.45, 7) is 5.56. The minimum Gasteiger partial charge on any atom is -0.379 e. The number of rotatable bonds is 7. The quantitative estimate of drug-likeness (QED) is 0.314. The molecule has 1 aliphatic heterocycles. The predicted octanol–water partition coefficient (Wildman–Crippen LogP) is 4.23. The van der Waals surface area contributed by atoms with E-state index in [2.05, 4.69) is 15.4 Å². The van der Waals surface area contributed by atoms with E-state index in [0.29, 0.717) is 31.3 Å². The summed E-state index contributed by atoms with van der Waals surface area (Å²) in [5.74, 6) is 1.57. The lowest BCUT2D eigenvalue weighted by molar-refractivity contribution is -0.115. The Balaban J connectivity index is 1.48. The third-order valence-electron chi connectivity index (χ3n) is 5.53. The summed E-state index contributed by atoms with van der Waals surface area (Å²) in [5.41, 5.74) is 1.74. The molecule has 1 unspecified atom stereocenters. The Morgan fingerprint density at radius 3 is 2.62 bits per heavy atom. The molecular weight excluding hydrogens is 450 g/mol. The third-order valence-corrected chi connectivity index (χ3v) is 6.79. The molecule has 1 amide bonds. The van der Waals surface area contributed by atoms with Crippen molar-refractivity contribution in [3.8, 4) is 0 Å². The zero-order valence-corrected chi connectivity index (χ0v) is 19.6. The molecule has 0 saturated carbocycles. The van der Waals surface area contributed by atoms with E-state index in [1.807, 2.05) is 54.6 Å². The number of amides is 1. The number of aryl methyl sites for hydroxylation is 1.